The number of halogens is 1. The first-order valence-electron chi connectivity index (χ1n) is 6.51. The summed E-state index contributed by atoms with van der Waals surface area (Å²) in [5.41, 5.74) is 1.15. The van der Waals surface area contributed by atoms with Gasteiger partial charge in [0.05, 0.1) is 6.10 Å². The number of rotatable bonds is 5. The van der Waals surface area contributed by atoms with Gasteiger partial charge in [-0.3, -0.25) is 4.79 Å². The maximum Gasteiger partial charge on any atom is 0.262 e. The molecule has 0 fully saturated rings. The summed E-state index contributed by atoms with van der Waals surface area (Å²) in [6.07, 6.45) is -0.546. The summed E-state index contributed by atoms with van der Waals surface area (Å²) in [5, 5.41) is 11.9. The number of carbonyl (C=O) groups is 1. The van der Waals surface area contributed by atoms with Crippen LogP contribution in [0.15, 0.2) is 48.5 Å². The van der Waals surface area contributed by atoms with Crippen LogP contribution in [0, 0.1) is 5.82 Å². The van der Waals surface area contributed by atoms with E-state index in [2.05, 4.69) is 5.32 Å². The number of nitrogens with one attached hydrogen (secondary N) is 1. The Morgan fingerprint density at radius 3 is 2.62 bits per heavy atom. The fourth-order valence-corrected chi connectivity index (χ4v) is 1.75. The number of carbonyl (C=O) groups excluding carboxylic acids is 1. The molecule has 110 valence electrons. The van der Waals surface area contributed by atoms with Crippen LogP contribution < -0.4 is 10.1 Å². The second-order valence-corrected chi connectivity index (χ2v) is 4.59. The largest absolute Gasteiger partial charge is 0.484 e. The maximum atomic E-state index is 13.0. The van der Waals surface area contributed by atoms with Gasteiger partial charge in [-0.2, -0.15) is 0 Å². The lowest BCUT2D eigenvalue weighted by atomic mass is 10.1. The van der Waals surface area contributed by atoms with Crippen LogP contribution in [-0.4, -0.2) is 17.6 Å². The lowest BCUT2D eigenvalue weighted by Gasteiger charge is -2.09. The van der Waals surface area contributed by atoms with Gasteiger partial charge in [-0.05, 0) is 42.8 Å². The molecule has 21 heavy (non-hydrogen) atoms. The summed E-state index contributed by atoms with van der Waals surface area (Å²) in [6.45, 7) is 1.49. The number of hydrogen-bond donors (Lipinski definition) is 2. The predicted octanol–water partition coefficient (Wildman–Crippen LogP) is 2.90. The molecule has 5 heteroatoms. The molecule has 0 aliphatic rings. The maximum absolute atomic E-state index is 13.0. The molecule has 0 bridgehead atoms. The Bertz CT molecular complexity index is 611. The lowest BCUT2D eigenvalue weighted by Crippen LogP contribution is -2.20. The first-order valence-corrected chi connectivity index (χ1v) is 6.51. The molecule has 1 atom stereocenters. The third-order valence-electron chi connectivity index (χ3n) is 2.84. The van der Waals surface area contributed by atoms with E-state index in [0.29, 0.717) is 11.4 Å². The first kappa shape index (κ1) is 15.0. The number of amides is 1. The molecule has 0 aromatic heterocycles. The van der Waals surface area contributed by atoms with Crippen molar-refractivity contribution in [2.45, 2.75) is 13.0 Å². The Labute approximate surface area is 122 Å². The SMILES string of the molecule is C[C@@H](O)c1ccc(OCC(=O)Nc2cccc(F)c2)cc1. The van der Waals surface area contributed by atoms with E-state index in [-0.39, 0.29) is 12.5 Å². The number of ether oxygens (including phenoxy) is 1. The topological polar surface area (TPSA) is 58.6 Å². The lowest BCUT2D eigenvalue weighted by molar-refractivity contribution is -0.118. The number of aliphatic hydroxyl groups is 1. The molecule has 0 heterocycles. The number of aliphatic hydroxyl groups excluding tert-OH is 1. The zero-order valence-corrected chi connectivity index (χ0v) is 11.5. The summed E-state index contributed by atoms with van der Waals surface area (Å²) in [5.74, 6) is -0.267. The van der Waals surface area contributed by atoms with Gasteiger partial charge in [-0.15, -0.1) is 0 Å². The number of hydrogen-bond acceptors (Lipinski definition) is 3. The van der Waals surface area contributed by atoms with E-state index < -0.39 is 11.9 Å². The first-order chi connectivity index (χ1) is 10.0. The van der Waals surface area contributed by atoms with Crippen LogP contribution in [0.1, 0.15) is 18.6 Å². The molecule has 0 aliphatic carbocycles. The highest BCUT2D eigenvalue weighted by molar-refractivity contribution is 5.91. The molecule has 0 aliphatic heterocycles. The number of benzene rings is 2. The van der Waals surface area contributed by atoms with Gasteiger partial charge >= 0.3 is 0 Å². The molecule has 2 rings (SSSR count). The second-order valence-electron chi connectivity index (χ2n) is 4.59. The van der Waals surface area contributed by atoms with E-state index in [0.717, 1.165) is 5.56 Å². The van der Waals surface area contributed by atoms with E-state index >= 15 is 0 Å². The minimum atomic E-state index is -0.546. The Hall–Kier alpha value is -2.40. The van der Waals surface area contributed by atoms with Gasteiger partial charge in [0.15, 0.2) is 6.61 Å². The zero-order valence-electron chi connectivity index (χ0n) is 11.5. The molecule has 0 saturated carbocycles. The average Bonchev–Trinajstić information content (AvgIpc) is 2.45. The highest BCUT2D eigenvalue weighted by Gasteiger charge is 2.05. The quantitative estimate of drug-likeness (QED) is 0.889. The van der Waals surface area contributed by atoms with E-state index in [1.165, 1.54) is 18.2 Å². The van der Waals surface area contributed by atoms with Crippen molar-refractivity contribution in [1.82, 2.24) is 0 Å². The molecule has 0 unspecified atom stereocenters. The van der Waals surface area contributed by atoms with Gasteiger partial charge in [0, 0.05) is 5.69 Å². The van der Waals surface area contributed by atoms with Crippen molar-refractivity contribution in [3.8, 4) is 5.75 Å². The smallest absolute Gasteiger partial charge is 0.262 e. The zero-order chi connectivity index (χ0) is 15.2. The summed E-state index contributed by atoms with van der Waals surface area (Å²) in [7, 11) is 0. The van der Waals surface area contributed by atoms with Crippen molar-refractivity contribution in [2.24, 2.45) is 0 Å². The van der Waals surface area contributed by atoms with Crippen molar-refractivity contribution in [3.05, 3.63) is 59.9 Å². The summed E-state index contributed by atoms with van der Waals surface area (Å²) >= 11 is 0. The van der Waals surface area contributed by atoms with Gasteiger partial charge in [0.25, 0.3) is 5.91 Å². The Morgan fingerprint density at radius 1 is 1.29 bits per heavy atom. The average molecular weight is 289 g/mol. The second kappa shape index (κ2) is 6.85. The van der Waals surface area contributed by atoms with Crippen molar-refractivity contribution in [3.63, 3.8) is 0 Å². The van der Waals surface area contributed by atoms with Crippen LogP contribution in [-0.2, 0) is 4.79 Å². The third kappa shape index (κ3) is 4.57. The van der Waals surface area contributed by atoms with E-state index in [4.69, 9.17) is 4.74 Å². The highest BCUT2D eigenvalue weighted by atomic mass is 19.1. The van der Waals surface area contributed by atoms with Crippen molar-refractivity contribution in [2.75, 3.05) is 11.9 Å². The minimum absolute atomic E-state index is 0.176. The van der Waals surface area contributed by atoms with Crippen LogP contribution in [0.4, 0.5) is 10.1 Å². The van der Waals surface area contributed by atoms with E-state index in [1.807, 2.05) is 0 Å². The normalized spacial score (nSPS) is 11.8. The standard InChI is InChI=1S/C16H16FNO3/c1-11(19)12-5-7-15(8-6-12)21-10-16(20)18-14-4-2-3-13(17)9-14/h2-9,11,19H,10H2,1H3,(H,18,20)/t11-/m1/s1. The van der Waals surface area contributed by atoms with Gasteiger partial charge in [-0.25, -0.2) is 4.39 Å². The van der Waals surface area contributed by atoms with Gasteiger partial charge < -0.3 is 15.2 Å². The Kier molecular flexibility index (Phi) is 4.90. The molecule has 2 aromatic carbocycles. The molecular formula is C16H16FNO3. The van der Waals surface area contributed by atoms with Gasteiger partial charge in [0.2, 0.25) is 0 Å². The third-order valence-corrected chi connectivity index (χ3v) is 2.84. The predicted molar refractivity (Wildman–Crippen MR) is 77.6 cm³/mol. The molecule has 2 aromatic rings. The van der Waals surface area contributed by atoms with Crippen molar-refractivity contribution >= 4 is 11.6 Å². The molecule has 2 N–H and O–H groups in total. The van der Waals surface area contributed by atoms with Crippen LogP contribution in [0.3, 0.4) is 0 Å². The molecule has 1 amide bonds. The molecule has 0 spiro atoms. The number of anilines is 1. The summed E-state index contributed by atoms with van der Waals surface area (Å²) in [4.78, 5) is 11.7. The van der Waals surface area contributed by atoms with Crippen LogP contribution in [0.5, 0.6) is 5.75 Å². The summed E-state index contributed by atoms with van der Waals surface area (Å²) < 4.78 is 18.3. The van der Waals surface area contributed by atoms with Crippen molar-refractivity contribution < 1.29 is 19.0 Å². The fourth-order valence-electron chi connectivity index (χ4n) is 1.75. The highest BCUT2D eigenvalue weighted by Crippen LogP contribution is 2.17. The van der Waals surface area contributed by atoms with E-state index in [1.54, 1.807) is 37.3 Å². The van der Waals surface area contributed by atoms with Crippen LogP contribution in [0.25, 0.3) is 0 Å². The van der Waals surface area contributed by atoms with Crippen molar-refractivity contribution in [1.29, 1.82) is 0 Å². The minimum Gasteiger partial charge on any atom is -0.484 e. The Morgan fingerprint density at radius 2 is 2.00 bits per heavy atom. The van der Waals surface area contributed by atoms with E-state index in [9.17, 15) is 14.3 Å². The monoisotopic (exact) mass is 289 g/mol. The molecule has 4 nitrogen and oxygen atoms in total. The fraction of sp³-hybridized carbons (Fsp3) is 0.188. The van der Waals surface area contributed by atoms with Gasteiger partial charge in [-0.1, -0.05) is 18.2 Å². The van der Waals surface area contributed by atoms with Gasteiger partial charge in [0.1, 0.15) is 11.6 Å². The molecular weight excluding hydrogens is 273 g/mol. The van der Waals surface area contributed by atoms with Crippen LogP contribution in [0.2, 0.25) is 0 Å². The van der Waals surface area contributed by atoms with Crippen LogP contribution >= 0.6 is 0 Å². The molecule has 0 radical (unpaired) electrons. The molecule has 0 saturated heterocycles. The summed E-state index contributed by atoms with van der Waals surface area (Å²) in [6, 6.07) is 12.5. The Balaban J connectivity index is 1.86.